The predicted molar refractivity (Wildman–Crippen MR) is 95.1 cm³/mol. The van der Waals surface area contributed by atoms with Gasteiger partial charge in [0.15, 0.2) is 0 Å². The van der Waals surface area contributed by atoms with E-state index in [2.05, 4.69) is 10.6 Å². The van der Waals surface area contributed by atoms with Crippen LogP contribution in [0.15, 0.2) is 18.2 Å². The maximum absolute atomic E-state index is 12.2. The predicted octanol–water partition coefficient (Wildman–Crippen LogP) is -0.754. The van der Waals surface area contributed by atoms with Gasteiger partial charge in [-0.1, -0.05) is 12.5 Å². The van der Waals surface area contributed by atoms with Gasteiger partial charge in [-0.15, -0.1) is 0 Å². The lowest BCUT2D eigenvalue weighted by Gasteiger charge is -2.17. The summed E-state index contributed by atoms with van der Waals surface area (Å²) in [5, 5.41) is 24.1. The lowest BCUT2D eigenvalue weighted by Crippen LogP contribution is -2.49. The monoisotopic (exact) mass is 366 g/mol. The second kappa shape index (κ2) is 10.9. The molecule has 1 rings (SSSR count). The third kappa shape index (κ3) is 7.84. The smallest absolute Gasteiger partial charge is 0.243 e. The van der Waals surface area contributed by atoms with Gasteiger partial charge < -0.3 is 32.3 Å². The van der Waals surface area contributed by atoms with Gasteiger partial charge in [0, 0.05) is 18.2 Å². The van der Waals surface area contributed by atoms with Crippen molar-refractivity contribution in [3.8, 4) is 11.5 Å². The molecule has 0 aliphatic heterocycles. The molecule has 0 bridgehead atoms. The second-order valence-electron chi connectivity index (χ2n) is 5.92. The van der Waals surface area contributed by atoms with Crippen molar-refractivity contribution in [3.05, 3.63) is 23.8 Å². The number of benzene rings is 1. The number of amides is 3. The average molecular weight is 366 g/mol. The Morgan fingerprint density at radius 2 is 1.85 bits per heavy atom. The van der Waals surface area contributed by atoms with Crippen molar-refractivity contribution in [2.24, 2.45) is 11.5 Å². The molecule has 1 aromatic rings. The van der Waals surface area contributed by atoms with Crippen LogP contribution in [0.4, 0.5) is 0 Å². The number of nitrogens with two attached hydrogens (primary N) is 2. The molecule has 9 nitrogen and oxygen atoms in total. The molecule has 0 aliphatic carbocycles. The molecule has 9 heteroatoms. The lowest BCUT2D eigenvalue weighted by atomic mass is 10.1. The zero-order valence-corrected chi connectivity index (χ0v) is 14.5. The van der Waals surface area contributed by atoms with Crippen LogP contribution in [0.1, 0.15) is 31.2 Å². The minimum absolute atomic E-state index is 0.132. The third-order valence-electron chi connectivity index (χ3n) is 3.66. The van der Waals surface area contributed by atoms with Crippen LogP contribution in [-0.2, 0) is 20.8 Å². The van der Waals surface area contributed by atoms with Gasteiger partial charge >= 0.3 is 0 Å². The summed E-state index contributed by atoms with van der Waals surface area (Å²) in [5.74, 6) is -2.15. The standard InChI is InChI=1S/C17H26N4O5/c18-6-2-1-3-7-20-17(26)13(10-15(19)24)21-16(25)8-11-4-5-12(22)9-14(11)23/h4-5,9,13,22-23H,1-3,6-8,10,18H2,(H2,19,24)(H,20,26)(H,21,25). The highest BCUT2D eigenvalue weighted by Gasteiger charge is 2.23. The molecule has 144 valence electrons. The first kappa shape index (κ1) is 21.2. The van der Waals surface area contributed by atoms with Crippen molar-refractivity contribution in [2.75, 3.05) is 13.1 Å². The van der Waals surface area contributed by atoms with Crippen molar-refractivity contribution >= 4 is 17.7 Å². The van der Waals surface area contributed by atoms with Crippen LogP contribution in [0.2, 0.25) is 0 Å². The molecule has 0 saturated heterocycles. The summed E-state index contributed by atoms with van der Waals surface area (Å²) < 4.78 is 0. The molecule has 1 aromatic carbocycles. The van der Waals surface area contributed by atoms with E-state index in [1.807, 2.05) is 0 Å². The fraction of sp³-hybridized carbons (Fsp3) is 0.471. The Bertz CT molecular complexity index is 636. The molecule has 0 saturated carbocycles. The normalized spacial score (nSPS) is 11.6. The van der Waals surface area contributed by atoms with E-state index in [-0.39, 0.29) is 29.9 Å². The Balaban J connectivity index is 2.60. The Morgan fingerprint density at radius 1 is 1.12 bits per heavy atom. The number of carbonyl (C=O) groups is 3. The number of nitrogens with one attached hydrogen (secondary N) is 2. The van der Waals surface area contributed by atoms with E-state index < -0.39 is 23.8 Å². The Morgan fingerprint density at radius 3 is 2.46 bits per heavy atom. The van der Waals surface area contributed by atoms with E-state index in [9.17, 15) is 24.6 Å². The lowest BCUT2D eigenvalue weighted by molar-refractivity contribution is -0.131. The highest BCUT2D eigenvalue weighted by Crippen LogP contribution is 2.22. The fourth-order valence-corrected chi connectivity index (χ4v) is 2.31. The summed E-state index contributed by atoms with van der Waals surface area (Å²) in [6, 6.07) is 2.74. The number of phenols is 2. The van der Waals surface area contributed by atoms with Crippen molar-refractivity contribution < 1.29 is 24.6 Å². The van der Waals surface area contributed by atoms with E-state index in [4.69, 9.17) is 11.5 Å². The Hall–Kier alpha value is -2.81. The van der Waals surface area contributed by atoms with Gasteiger partial charge in [-0.2, -0.15) is 0 Å². The van der Waals surface area contributed by atoms with Crippen LogP contribution < -0.4 is 22.1 Å². The highest BCUT2D eigenvalue weighted by molar-refractivity contribution is 5.92. The number of unbranched alkanes of at least 4 members (excludes halogenated alkanes) is 2. The van der Waals surface area contributed by atoms with E-state index in [1.54, 1.807) is 0 Å². The van der Waals surface area contributed by atoms with Crippen LogP contribution in [0.5, 0.6) is 11.5 Å². The molecule has 8 N–H and O–H groups in total. The van der Waals surface area contributed by atoms with Gasteiger partial charge in [0.05, 0.1) is 12.8 Å². The SMILES string of the molecule is NCCCCCNC(=O)C(CC(N)=O)NC(=O)Cc1ccc(O)cc1O. The van der Waals surface area contributed by atoms with E-state index in [0.29, 0.717) is 13.1 Å². The third-order valence-corrected chi connectivity index (χ3v) is 3.66. The molecule has 26 heavy (non-hydrogen) atoms. The van der Waals surface area contributed by atoms with Gasteiger partial charge in [0.2, 0.25) is 17.7 Å². The first-order valence-corrected chi connectivity index (χ1v) is 8.39. The molecule has 0 radical (unpaired) electrons. The second-order valence-corrected chi connectivity index (χ2v) is 5.92. The summed E-state index contributed by atoms with van der Waals surface area (Å²) in [6.07, 6.45) is 1.91. The van der Waals surface area contributed by atoms with Crippen molar-refractivity contribution in [3.63, 3.8) is 0 Å². The first-order valence-electron chi connectivity index (χ1n) is 8.39. The number of hydrogen-bond donors (Lipinski definition) is 6. The number of rotatable bonds is 11. The fourth-order valence-electron chi connectivity index (χ4n) is 2.31. The average Bonchev–Trinajstić information content (AvgIpc) is 2.56. The summed E-state index contributed by atoms with van der Waals surface area (Å²) in [6.45, 7) is 0.987. The summed E-state index contributed by atoms with van der Waals surface area (Å²) in [4.78, 5) is 35.5. The first-order chi connectivity index (χ1) is 12.3. The molecule has 0 aliphatic rings. The number of phenolic OH excluding ortho intramolecular Hbond substituents is 2. The molecule has 1 unspecified atom stereocenters. The van der Waals surface area contributed by atoms with Crippen LogP contribution in [-0.4, -0.2) is 47.1 Å². The summed E-state index contributed by atoms with van der Waals surface area (Å²) >= 11 is 0. The van der Waals surface area contributed by atoms with Crippen LogP contribution in [0.3, 0.4) is 0 Å². The zero-order valence-electron chi connectivity index (χ0n) is 14.5. The minimum Gasteiger partial charge on any atom is -0.508 e. The maximum Gasteiger partial charge on any atom is 0.243 e. The van der Waals surface area contributed by atoms with Crippen molar-refractivity contribution in [1.82, 2.24) is 10.6 Å². The molecule has 0 spiro atoms. The molecule has 3 amide bonds. The topological polar surface area (TPSA) is 168 Å². The zero-order chi connectivity index (χ0) is 19.5. The quantitative estimate of drug-likeness (QED) is 0.282. The Kier molecular flexibility index (Phi) is 8.93. The van der Waals surface area contributed by atoms with Gasteiger partial charge in [-0.05, 0) is 25.5 Å². The van der Waals surface area contributed by atoms with Crippen molar-refractivity contribution in [1.29, 1.82) is 0 Å². The number of hydrogen-bond acceptors (Lipinski definition) is 6. The van der Waals surface area contributed by atoms with Crippen LogP contribution in [0.25, 0.3) is 0 Å². The van der Waals surface area contributed by atoms with Gasteiger partial charge in [-0.3, -0.25) is 14.4 Å². The van der Waals surface area contributed by atoms with Crippen LogP contribution >= 0.6 is 0 Å². The number of primary amides is 1. The van der Waals surface area contributed by atoms with Crippen molar-refractivity contribution in [2.45, 2.75) is 38.1 Å². The van der Waals surface area contributed by atoms with E-state index >= 15 is 0 Å². The maximum atomic E-state index is 12.2. The van der Waals surface area contributed by atoms with E-state index in [1.165, 1.54) is 12.1 Å². The summed E-state index contributed by atoms with van der Waals surface area (Å²) in [7, 11) is 0. The molecule has 0 heterocycles. The van der Waals surface area contributed by atoms with Gasteiger partial charge in [-0.25, -0.2) is 0 Å². The van der Waals surface area contributed by atoms with Gasteiger partial charge in [0.25, 0.3) is 0 Å². The number of carbonyl (C=O) groups excluding carboxylic acids is 3. The summed E-state index contributed by atoms with van der Waals surface area (Å²) in [5.41, 5.74) is 10.8. The molecule has 0 aromatic heterocycles. The Labute approximate surface area is 151 Å². The van der Waals surface area contributed by atoms with Gasteiger partial charge in [0.1, 0.15) is 17.5 Å². The molecule has 1 atom stereocenters. The number of aromatic hydroxyl groups is 2. The minimum atomic E-state index is -1.09. The van der Waals surface area contributed by atoms with Crippen LogP contribution in [0, 0.1) is 0 Å². The molecule has 0 fully saturated rings. The largest absolute Gasteiger partial charge is 0.508 e. The molecular weight excluding hydrogens is 340 g/mol. The molecular formula is C17H26N4O5. The highest BCUT2D eigenvalue weighted by atomic mass is 16.3. The van der Waals surface area contributed by atoms with E-state index in [0.717, 1.165) is 25.3 Å².